The van der Waals surface area contributed by atoms with Crippen LogP contribution >= 0.6 is 0 Å². The van der Waals surface area contributed by atoms with E-state index in [1.165, 1.54) is 25.7 Å². The van der Waals surface area contributed by atoms with E-state index < -0.39 is 0 Å². The maximum atomic E-state index is 11.9. The largest absolute Gasteiger partial charge is 0.378 e. The van der Waals surface area contributed by atoms with Gasteiger partial charge in [-0.3, -0.25) is 4.79 Å². The SMILES string of the molecule is O=C(CNCC1CC2CCC1C2)N1CCOCC1. The smallest absolute Gasteiger partial charge is 0.236 e. The Morgan fingerprint density at radius 1 is 1.22 bits per heavy atom. The van der Waals surface area contributed by atoms with E-state index in [2.05, 4.69) is 5.32 Å². The van der Waals surface area contributed by atoms with Gasteiger partial charge < -0.3 is 15.0 Å². The molecule has 1 N–H and O–H groups in total. The summed E-state index contributed by atoms with van der Waals surface area (Å²) < 4.78 is 5.25. The van der Waals surface area contributed by atoms with Crippen molar-refractivity contribution in [1.82, 2.24) is 10.2 Å². The highest BCUT2D eigenvalue weighted by atomic mass is 16.5. The van der Waals surface area contributed by atoms with Crippen molar-refractivity contribution in [2.75, 3.05) is 39.4 Å². The molecule has 1 saturated heterocycles. The van der Waals surface area contributed by atoms with Crippen LogP contribution in [0.25, 0.3) is 0 Å². The van der Waals surface area contributed by atoms with Crippen LogP contribution < -0.4 is 5.32 Å². The summed E-state index contributed by atoms with van der Waals surface area (Å²) in [6.07, 6.45) is 5.72. The average Bonchev–Trinajstić information content (AvgIpc) is 3.02. The minimum Gasteiger partial charge on any atom is -0.378 e. The molecule has 0 aromatic carbocycles. The summed E-state index contributed by atoms with van der Waals surface area (Å²) in [4.78, 5) is 13.9. The van der Waals surface area contributed by atoms with Crippen LogP contribution in [0.4, 0.5) is 0 Å². The number of carbonyl (C=O) groups is 1. The first kappa shape index (κ1) is 12.4. The summed E-state index contributed by atoms with van der Waals surface area (Å²) in [6, 6.07) is 0. The molecule has 2 bridgehead atoms. The minimum absolute atomic E-state index is 0.237. The Morgan fingerprint density at radius 3 is 2.72 bits per heavy atom. The third kappa shape index (κ3) is 2.69. The average molecular weight is 252 g/mol. The molecular formula is C14H24N2O2. The van der Waals surface area contributed by atoms with E-state index in [4.69, 9.17) is 4.74 Å². The van der Waals surface area contributed by atoms with Crippen molar-refractivity contribution in [2.45, 2.75) is 25.7 Å². The summed E-state index contributed by atoms with van der Waals surface area (Å²) >= 11 is 0. The first-order chi connectivity index (χ1) is 8.83. The molecular weight excluding hydrogens is 228 g/mol. The molecule has 3 fully saturated rings. The van der Waals surface area contributed by atoms with Gasteiger partial charge >= 0.3 is 0 Å². The standard InChI is InChI=1S/C14H24N2O2/c17-14(16-3-5-18-6-4-16)10-15-9-13-8-11-1-2-12(13)7-11/h11-13,15H,1-10H2. The van der Waals surface area contributed by atoms with Gasteiger partial charge in [-0.2, -0.15) is 0 Å². The lowest BCUT2D eigenvalue weighted by atomic mass is 9.89. The quantitative estimate of drug-likeness (QED) is 0.807. The Hall–Kier alpha value is -0.610. The summed E-state index contributed by atoms with van der Waals surface area (Å²) in [7, 11) is 0. The van der Waals surface area contributed by atoms with E-state index in [0.29, 0.717) is 19.8 Å². The monoisotopic (exact) mass is 252 g/mol. The molecule has 0 spiro atoms. The number of morpholine rings is 1. The first-order valence-electron chi connectivity index (χ1n) is 7.39. The molecule has 3 atom stereocenters. The zero-order valence-electron chi connectivity index (χ0n) is 11.1. The Morgan fingerprint density at radius 2 is 2.06 bits per heavy atom. The number of rotatable bonds is 4. The molecule has 4 heteroatoms. The molecule has 102 valence electrons. The molecule has 0 aromatic rings. The van der Waals surface area contributed by atoms with Crippen LogP contribution in [0.2, 0.25) is 0 Å². The number of carbonyl (C=O) groups excluding carboxylic acids is 1. The van der Waals surface area contributed by atoms with Crippen LogP contribution in [0.5, 0.6) is 0 Å². The van der Waals surface area contributed by atoms with Gasteiger partial charge in [0.25, 0.3) is 0 Å². The van der Waals surface area contributed by atoms with Gasteiger partial charge in [0, 0.05) is 13.1 Å². The summed E-state index contributed by atoms with van der Waals surface area (Å²) in [5.74, 6) is 3.01. The Balaban J connectivity index is 1.35. The highest BCUT2D eigenvalue weighted by molar-refractivity contribution is 5.78. The zero-order chi connectivity index (χ0) is 12.4. The third-order valence-corrected chi connectivity index (χ3v) is 4.93. The van der Waals surface area contributed by atoms with Crippen LogP contribution in [0.1, 0.15) is 25.7 Å². The number of nitrogens with one attached hydrogen (secondary N) is 1. The van der Waals surface area contributed by atoms with E-state index in [-0.39, 0.29) is 5.91 Å². The van der Waals surface area contributed by atoms with Gasteiger partial charge in [0.1, 0.15) is 0 Å². The fourth-order valence-corrected chi connectivity index (χ4v) is 3.92. The van der Waals surface area contributed by atoms with Gasteiger partial charge in [-0.15, -0.1) is 0 Å². The summed E-state index contributed by atoms with van der Waals surface area (Å²) in [5.41, 5.74) is 0. The van der Waals surface area contributed by atoms with Crippen molar-refractivity contribution in [1.29, 1.82) is 0 Å². The Labute approximate surface area is 109 Å². The topological polar surface area (TPSA) is 41.6 Å². The van der Waals surface area contributed by atoms with Crippen LogP contribution in [0, 0.1) is 17.8 Å². The number of fused-ring (bicyclic) bond motifs is 2. The van der Waals surface area contributed by atoms with Gasteiger partial charge in [-0.25, -0.2) is 0 Å². The maximum Gasteiger partial charge on any atom is 0.236 e. The molecule has 2 saturated carbocycles. The van der Waals surface area contributed by atoms with Crippen LogP contribution in [0.3, 0.4) is 0 Å². The minimum atomic E-state index is 0.237. The molecule has 1 amide bonds. The number of nitrogens with zero attached hydrogens (tertiary/aromatic N) is 1. The van der Waals surface area contributed by atoms with Gasteiger partial charge in [-0.05, 0) is 43.6 Å². The van der Waals surface area contributed by atoms with Gasteiger partial charge in [-0.1, -0.05) is 6.42 Å². The second-order valence-corrected chi connectivity index (χ2v) is 6.06. The lowest BCUT2D eigenvalue weighted by Crippen LogP contribution is -2.45. The van der Waals surface area contributed by atoms with E-state index >= 15 is 0 Å². The second-order valence-electron chi connectivity index (χ2n) is 6.06. The van der Waals surface area contributed by atoms with Gasteiger partial charge in [0.15, 0.2) is 0 Å². The number of ether oxygens (including phenoxy) is 1. The molecule has 3 aliphatic rings. The highest BCUT2D eigenvalue weighted by Gasteiger charge is 2.38. The second kappa shape index (κ2) is 5.57. The van der Waals surface area contributed by atoms with E-state index in [0.717, 1.165) is 37.4 Å². The molecule has 2 aliphatic carbocycles. The number of amides is 1. The first-order valence-corrected chi connectivity index (χ1v) is 7.39. The van der Waals surface area contributed by atoms with E-state index in [1.807, 2.05) is 4.90 Å². The Kier molecular flexibility index (Phi) is 3.85. The highest BCUT2D eigenvalue weighted by Crippen LogP contribution is 2.47. The van der Waals surface area contributed by atoms with Crippen molar-refractivity contribution in [3.8, 4) is 0 Å². The van der Waals surface area contributed by atoms with Crippen molar-refractivity contribution in [2.24, 2.45) is 17.8 Å². The summed E-state index contributed by atoms with van der Waals surface area (Å²) in [5, 5.41) is 3.38. The number of hydrogen-bond acceptors (Lipinski definition) is 3. The predicted molar refractivity (Wildman–Crippen MR) is 69.2 cm³/mol. The van der Waals surface area contributed by atoms with Gasteiger partial charge in [0.05, 0.1) is 19.8 Å². The fourth-order valence-electron chi connectivity index (χ4n) is 3.92. The molecule has 3 rings (SSSR count). The van der Waals surface area contributed by atoms with E-state index in [9.17, 15) is 4.79 Å². The Bertz CT molecular complexity index is 302. The van der Waals surface area contributed by atoms with Gasteiger partial charge in [0.2, 0.25) is 5.91 Å². The molecule has 0 aromatic heterocycles. The maximum absolute atomic E-state index is 11.9. The molecule has 4 nitrogen and oxygen atoms in total. The molecule has 0 radical (unpaired) electrons. The van der Waals surface area contributed by atoms with Crippen LogP contribution in [-0.2, 0) is 9.53 Å². The van der Waals surface area contributed by atoms with Crippen molar-refractivity contribution < 1.29 is 9.53 Å². The molecule has 1 aliphatic heterocycles. The molecule has 18 heavy (non-hydrogen) atoms. The van der Waals surface area contributed by atoms with Crippen LogP contribution in [-0.4, -0.2) is 50.2 Å². The molecule has 3 unspecified atom stereocenters. The number of hydrogen-bond donors (Lipinski definition) is 1. The zero-order valence-corrected chi connectivity index (χ0v) is 11.1. The predicted octanol–water partition coefficient (Wildman–Crippen LogP) is 0.871. The van der Waals surface area contributed by atoms with Crippen molar-refractivity contribution >= 4 is 5.91 Å². The lowest BCUT2D eigenvalue weighted by Gasteiger charge is -2.27. The lowest BCUT2D eigenvalue weighted by molar-refractivity contribution is -0.134. The van der Waals surface area contributed by atoms with Crippen molar-refractivity contribution in [3.05, 3.63) is 0 Å². The normalized spacial score (nSPS) is 35.1. The fraction of sp³-hybridized carbons (Fsp3) is 0.929. The van der Waals surface area contributed by atoms with E-state index in [1.54, 1.807) is 0 Å². The van der Waals surface area contributed by atoms with Crippen LogP contribution in [0.15, 0.2) is 0 Å². The van der Waals surface area contributed by atoms with Crippen molar-refractivity contribution in [3.63, 3.8) is 0 Å². The summed E-state index contributed by atoms with van der Waals surface area (Å²) in [6.45, 7) is 4.45. The third-order valence-electron chi connectivity index (χ3n) is 4.93. The molecule has 1 heterocycles.